The Hall–Kier alpha value is -2.58. The van der Waals surface area contributed by atoms with Gasteiger partial charge in [0, 0.05) is 37.7 Å². The van der Waals surface area contributed by atoms with Crippen LogP contribution in [0.2, 0.25) is 0 Å². The summed E-state index contributed by atoms with van der Waals surface area (Å²) in [5.74, 6) is 0.963. The predicted octanol–water partition coefficient (Wildman–Crippen LogP) is 3.69. The quantitative estimate of drug-likeness (QED) is 0.614. The van der Waals surface area contributed by atoms with E-state index in [-0.39, 0.29) is 22.8 Å². The molecule has 0 aliphatic carbocycles. The van der Waals surface area contributed by atoms with E-state index in [9.17, 15) is 13.2 Å². The van der Waals surface area contributed by atoms with Gasteiger partial charge in [-0.2, -0.15) is 4.31 Å². The molecule has 0 N–H and O–H groups in total. The molecular formula is C25H32N2O5S. The summed E-state index contributed by atoms with van der Waals surface area (Å²) in [7, 11) is -3.66. The normalized spacial score (nSPS) is 18.0. The number of hydrogen-bond donors (Lipinski definition) is 0. The number of benzene rings is 2. The first-order valence-electron chi connectivity index (χ1n) is 11.6. The number of hydrogen-bond acceptors (Lipinski definition) is 5. The largest absolute Gasteiger partial charge is 0.486 e. The molecule has 178 valence electrons. The summed E-state index contributed by atoms with van der Waals surface area (Å²) in [6.07, 6.45) is 1.91. The van der Waals surface area contributed by atoms with Crippen molar-refractivity contribution in [2.45, 2.75) is 50.6 Å². The molecule has 0 spiro atoms. The molecule has 1 saturated heterocycles. The lowest BCUT2D eigenvalue weighted by atomic mass is 9.95. The molecule has 0 bridgehead atoms. The van der Waals surface area contributed by atoms with Crippen molar-refractivity contribution in [3.05, 3.63) is 54.1 Å². The SMILES string of the molecule is CCC(C)N(Cc1ccccc1)C(=O)C1CCN(S(=O)(=O)c2ccc3c(c2)OCCO3)CC1. The average Bonchev–Trinajstić information content (AvgIpc) is 2.86. The molecule has 1 atom stereocenters. The van der Waals surface area contributed by atoms with Crippen molar-refractivity contribution >= 4 is 15.9 Å². The number of carbonyl (C=O) groups is 1. The first kappa shape index (κ1) is 23.6. The van der Waals surface area contributed by atoms with E-state index < -0.39 is 10.0 Å². The molecule has 4 rings (SSSR count). The smallest absolute Gasteiger partial charge is 0.243 e. The van der Waals surface area contributed by atoms with E-state index in [0.717, 1.165) is 12.0 Å². The average molecular weight is 473 g/mol. The van der Waals surface area contributed by atoms with Gasteiger partial charge in [0.05, 0.1) is 4.90 Å². The molecule has 2 heterocycles. The zero-order chi connectivity index (χ0) is 23.4. The third-order valence-corrected chi connectivity index (χ3v) is 8.45. The van der Waals surface area contributed by atoms with Crippen LogP contribution < -0.4 is 9.47 Å². The van der Waals surface area contributed by atoms with Crippen molar-refractivity contribution in [2.75, 3.05) is 26.3 Å². The minimum atomic E-state index is -3.66. The monoisotopic (exact) mass is 472 g/mol. The highest BCUT2D eigenvalue weighted by atomic mass is 32.2. The summed E-state index contributed by atoms with van der Waals surface area (Å²) in [5.41, 5.74) is 1.10. The van der Waals surface area contributed by atoms with Crippen molar-refractivity contribution in [3.63, 3.8) is 0 Å². The Morgan fingerprint density at radius 3 is 2.39 bits per heavy atom. The van der Waals surface area contributed by atoms with Crippen LogP contribution in [0.25, 0.3) is 0 Å². The number of ether oxygens (including phenoxy) is 2. The molecule has 2 aromatic rings. The van der Waals surface area contributed by atoms with E-state index >= 15 is 0 Å². The van der Waals surface area contributed by atoms with Crippen LogP contribution in [0.4, 0.5) is 0 Å². The second-order valence-electron chi connectivity index (χ2n) is 8.69. The molecule has 1 amide bonds. The first-order chi connectivity index (χ1) is 15.9. The number of piperidine rings is 1. The Labute approximate surface area is 196 Å². The molecule has 2 aliphatic heterocycles. The molecule has 0 aromatic heterocycles. The van der Waals surface area contributed by atoms with Crippen LogP contribution >= 0.6 is 0 Å². The van der Waals surface area contributed by atoms with Gasteiger partial charge in [-0.1, -0.05) is 37.3 Å². The highest BCUT2D eigenvalue weighted by Crippen LogP contribution is 2.34. The predicted molar refractivity (Wildman–Crippen MR) is 126 cm³/mol. The lowest BCUT2D eigenvalue weighted by Gasteiger charge is -2.36. The summed E-state index contributed by atoms with van der Waals surface area (Å²) in [6, 6.07) is 14.9. The van der Waals surface area contributed by atoms with E-state index in [1.807, 2.05) is 35.2 Å². The molecule has 2 aromatic carbocycles. The van der Waals surface area contributed by atoms with Gasteiger partial charge in [-0.3, -0.25) is 4.79 Å². The summed E-state index contributed by atoms with van der Waals surface area (Å²) < 4.78 is 38.9. The highest BCUT2D eigenvalue weighted by Gasteiger charge is 2.35. The summed E-state index contributed by atoms with van der Waals surface area (Å²) in [6.45, 7) is 6.24. The van der Waals surface area contributed by atoms with Crippen molar-refractivity contribution in [1.82, 2.24) is 9.21 Å². The lowest BCUT2D eigenvalue weighted by Crippen LogP contribution is -2.46. The van der Waals surface area contributed by atoms with Crippen molar-refractivity contribution in [2.24, 2.45) is 5.92 Å². The number of carbonyl (C=O) groups excluding carboxylic acids is 1. The Balaban J connectivity index is 1.43. The lowest BCUT2D eigenvalue weighted by molar-refractivity contribution is -0.139. The Morgan fingerprint density at radius 1 is 1.06 bits per heavy atom. The standard InChI is InChI=1S/C25H32N2O5S/c1-3-19(2)27(18-20-7-5-4-6-8-20)25(28)21-11-13-26(14-12-21)33(29,30)22-9-10-23-24(17-22)32-16-15-31-23/h4-10,17,19,21H,3,11-16,18H2,1-2H3. The van der Waals surface area contributed by atoms with Gasteiger partial charge in [-0.15, -0.1) is 0 Å². The summed E-state index contributed by atoms with van der Waals surface area (Å²) in [4.78, 5) is 15.6. The minimum Gasteiger partial charge on any atom is -0.486 e. The fourth-order valence-corrected chi connectivity index (χ4v) is 5.85. The van der Waals surface area contributed by atoms with E-state index in [4.69, 9.17) is 9.47 Å². The number of nitrogens with zero attached hydrogens (tertiary/aromatic N) is 2. The number of fused-ring (bicyclic) bond motifs is 1. The van der Waals surface area contributed by atoms with Crippen LogP contribution in [0, 0.1) is 5.92 Å². The van der Waals surface area contributed by atoms with Crippen LogP contribution in [0.5, 0.6) is 11.5 Å². The van der Waals surface area contributed by atoms with Gasteiger partial charge in [0.1, 0.15) is 13.2 Å². The zero-order valence-corrected chi connectivity index (χ0v) is 20.1. The molecule has 2 aliphatic rings. The van der Waals surface area contributed by atoms with Crippen LogP contribution in [0.3, 0.4) is 0 Å². The fourth-order valence-electron chi connectivity index (χ4n) is 4.36. The van der Waals surface area contributed by atoms with E-state index in [0.29, 0.717) is 57.2 Å². The maximum atomic E-state index is 13.4. The molecular weight excluding hydrogens is 440 g/mol. The van der Waals surface area contributed by atoms with Crippen LogP contribution in [-0.4, -0.2) is 55.9 Å². The Kier molecular flexibility index (Phi) is 7.24. The third-order valence-electron chi connectivity index (χ3n) is 6.56. The minimum absolute atomic E-state index is 0.115. The van der Waals surface area contributed by atoms with Gasteiger partial charge in [-0.05, 0) is 43.9 Å². The van der Waals surface area contributed by atoms with Gasteiger partial charge in [0.25, 0.3) is 0 Å². The number of amides is 1. The molecule has 1 unspecified atom stereocenters. The van der Waals surface area contributed by atoms with Gasteiger partial charge in [0.2, 0.25) is 15.9 Å². The fraction of sp³-hybridized carbons (Fsp3) is 0.480. The van der Waals surface area contributed by atoms with Crippen molar-refractivity contribution in [3.8, 4) is 11.5 Å². The van der Waals surface area contributed by atoms with E-state index in [2.05, 4.69) is 13.8 Å². The third kappa shape index (κ3) is 5.17. The summed E-state index contributed by atoms with van der Waals surface area (Å²) in [5, 5.41) is 0. The van der Waals surface area contributed by atoms with E-state index in [1.165, 1.54) is 10.4 Å². The van der Waals surface area contributed by atoms with Gasteiger partial charge < -0.3 is 14.4 Å². The molecule has 33 heavy (non-hydrogen) atoms. The second-order valence-corrected chi connectivity index (χ2v) is 10.6. The summed E-state index contributed by atoms with van der Waals surface area (Å²) >= 11 is 0. The van der Waals surface area contributed by atoms with Gasteiger partial charge in [0.15, 0.2) is 11.5 Å². The van der Waals surface area contributed by atoms with Crippen molar-refractivity contribution < 1.29 is 22.7 Å². The van der Waals surface area contributed by atoms with Gasteiger partial charge in [-0.25, -0.2) is 8.42 Å². The maximum absolute atomic E-state index is 13.4. The van der Waals surface area contributed by atoms with Crippen LogP contribution in [0.1, 0.15) is 38.7 Å². The molecule has 7 nitrogen and oxygen atoms in total. The van der Waals surface area contributed by atoms with Crippen molar-refractivity contribution in [1.29, 1.82) is 0 Å². The molecule has 0 saturated carbocycles. The van der Waals surface area contributed by atoms with Crippen LogP contribution in [0.15, 0.2) is 53.4 Å². The highest BCUT2D eigenvalue weighted by molar-refractivity contribution is 7.89. The van der Waals surface area contributed by atoms with E-state index in [1.54, 1.807) is 12.1 Å². The maximum Gasteiger partial charge on any atom is 0.243 e. The number of sulfonamides is 1. The zero-order valence-electron chi connectivity index (χ0n) is 19.3. The Morgan fingerprint density at radius 2 is 1.73 bits per heavy atom. The second kappa shape index (κ2) is 10.1. The molecule has 1 fully saturated rings. The number of rotatable bonds is 7. The van der Waals surface area contributed by atoms with Gasteiger partial charge >= 0.3 is 0 Å². The molecule has 8 heteroatoms. The Bertz CT molecular complexity index is 1070. The topological polar surface area (TPSA) is 76.2 Å². The first-order valence-corrected chi connectivity index (χ1v) is 13.1. The van der Waals surface area contributed by atoms with Crippen LogP contribution in [-0.2, 0) is 21.4 Å². The molecule has 0 radical (unpaired) electrons.